The van der Waals surface area contributed by atoms with Crippen molar-refractivity contribution in [1.82, 2.24) is 9.80 Å². The normalized spacial score (nSPS) is 20.1. The van der Waals surface area contributed by atoms with Crippen molar-refractivity contribution < 1.29 is 14.3 Å². The highest BCUT2D eigenvalue weighted by molar-refractivity contribution is 5.77. The molecule has 0 radical (unpaired) electrons. The van der Waals surface area contributed by atoms with Crippen molar-refractivity contribution in [2.45, 2.75) is 25.3 Å². The van der Waals surface area contributed by atoms with Crippen LogP contribution in [0.1, 0.15) is 19.3 Å². The van der Waals surface area contributed by atoms with Crippen molar-refractivity contribution in [1.29, 1.82) is 0 Å². The summed E-state index contributed by atoms with van der Waals surface area (Å²) in [5.74, 6) is 1.06. The fourth-order valence-electron chi connectivity index (χ4n) is 4.13. The van der Waals surface area contributed by atoms with Gasteiger partial charge in [-0.15, -0.1) is 0 Å². The van der Waals surface area contributed by atoms with Crippen LogP contribution >= 0.6 is 0 Å². The van der Waals surface area contributed by atoms with Crippen molar-refractivity contribution in [3.63, 3.8) is 0 Å². The van der Waals surface area contributed by atoms with E-state index in [1.54, 1.807) is 14.2 Å². The van der Waals surface area contributed by atoms with Crippen LogP contribution in [0.15, 0.2) is 24.3 Å². The monoisotopic (exact) mass is 361 g/mol. The van der Waals surface area contributed by atoms with Gasteiger partial charge in [0.2, 0.25) is 5.91 Å². The molecule has 2 fully saturated rings. The Hall–Kier alpha value is -1.79. The number of benzene rings is 1. The summed E-state index contributed by atoms with van der Waals surface area (Å²) >= 11 is 0. The van der Waals surface area contributed by atoms with E-state index in [9.17, 15) is 4.79 Å². The van der Waals surface area contributed by atoms with Gasteiger partial charge in [-0.05, 0) is 31.4 Å². The number of hydrogen-bond donors (Lipinski definition) is 0. The Morgan fingerprint density at radius 2 is 1.81 bits per heavy atom. The molecular formula is C20H31N3O3. The number of nitrogens with zero attached hydrogens (tertiary/aromatic N) is 3. The molecule has 0 N–H and O–H groups in total. The number of methoxy groups -OCH3 is 2. The van der Waals surface area contributed by atoms with Crippen molar-refractivity contribution in [3.8, 4) is 5.75 Å². The van der Waals surface area contributed by atoms with Crippen molar-refractivity contribution in [2.24, 2.45) is 0 Å². The van der Waals surface area contributed by atoms with Crippen molar-refractivity contribution in [2.75, 3.05) is 65.0 Å². The van der Waals surface area contributed by atoms with Gasteiger partial charge in [-0.2, -0.15) is 0 Å². The molecule has 0 spiro atoms. The minimum atomic E-state index is 0.111. The summed E-state index contributed by atoms with van der Waals surface area (Å²) in [5.41, 5.74) is 1.20. The fraction of sp³-hybridized carbons (Fsp3) is 0.650. The fourth-order valence-corrected chi connectivity index (χ4v) is 4.13. The molecule has 2 aliphatic heterocycles. The highest BCUT2D eigenvalue weighted by atomic mass is 16.5. The number of amides is 1. The summed E-state index contributed by atoms with van der Waals surface area (Å²) in [6.07, 6.45) is 3.36. The summed E-state index contributed by atoms with van der Waals surface area (Å²) in [5, 5.41) is 0. The molecular weight excluding hydrogens is 330 g/mol. The quantitative estimate of drug-likeness (QED) is 0.801. The summed E-state index contributed by atoms with van der Waals surface area (Å²) in [6.45, 7) is 6.00. The largest absolute Gasteiger partial charge is 0.495 e. The molecule has 6 heteroatoms. The summed E-state index contributed by atoms with van der Waals surface area (Å²) < 4.78 is 10.5. The van der Waals surface area contributed by atoms with E-state index in [1.165, 1.54) is 5.69 Å². The van der Waals surface area contributed by atoms with Gasteiger partial charge in [0, 0.05) is 52.4 Å². The lowest BCUT2D eigenvalue weighted by Crippen LogP contribution is -2.46. The number of carbonyl (C=O) groups is 1. The van der Waals surface area contributed by atoms with E-state index in [0.29, 0.717) is 6.04 Å². The first-order valence-electron chi connectivity index (χ1n) is 9.61. The van der Waals surface area contributed by atoms with Crippen LogP contribution in [-0.4, -0.2) is 81.8 Å². The minimum absolute atomic E-state index is 0.111. The van der Waals surface area contributed by atoms with Crippen LogP contribution in [0, 0.1) is 0 Å². The van der Waals surface area contributed by atoms with Crippen LogP contribution < -0.4 is 9.64 Å². The summed E-state index contributed by atoms with van der Waals surface area (Å²) in [4.78, 5) is 19.0. The number of hydrogen-bond acceptors (Lipinski definition) is 5. The third-order valence-corrected chi connectivity index (χ3v) is 5.56. The SMILES string of the molecule is COCC(=O)N1CCCN(C2CCN(c3ccccc3OC)CC2)CC1. The molecule has 1 amide bonds. The number of rotatable bonds is 5. The molecule has 0 unspecified atom stereocenters. The van der Waals surface area contributed by atoms with Gasteiger partial charge < -0.3 is 19.3 Å². The molecule has 2 saturated heterocycles. The topological polar surface area (TPSA) is 45.2 Å². The molecule has 0 bridgehead atoms. The average molecular weight is 361 g/mol. The lowest BCUT2D eigenvalue weighted by Gasteiger charge is -2.39. The smallest absolute Gasteiger partial charge is 0.248 e. The lowest BCUT2D eigenvalue weighted by atomic mass is 10.0. The van der Waals surface area contributed by atoms with E-state index < -0.39 is 0 Å². The third-order valence-electron chi connectivity index (χ3n) is 5.56. The van der Waals surface area contributed by atoms with E-state index in [2.05, 4.69) is 21.9 Å². The second-order valence-electron chi connectivity index (χ2n) is 7.09. The standard InChI is InChI=1S/C20H31N3O3/c1-25-16-20(24)23-11-5-10-21(14-15-23)17-8-12-22(13-9-17)18-6-3-4-7-19(18)26-2/h3-4,6-7,17H,5,8-16H2,1-2H3. The summed E-state index contributed by atoms with van der Waals surface area (Å²) in [6, 6.07) is 8.87. The van der Waals surface area contributed by atoms with Crippen LogP contribution in [0.25, 0.3) is 0 Å². The van der Waals surface area contributed by atoms with Crippen LogP contribution in [0.4, 0.5) is 5.69 Å². The van der Waals surface area contributed by atoms with Gasteiger partial charge >= 0.3 is 0 Å². The predicted molar refractivity (Wildman–Crippen MR) is 103 cm³/mol. The molecule has 2 aliphatic rings. The number of ether oxygens (including phenoxy) is 2. The number of piperidine rings is 1. The molecule has 3 rings (SSSR count). The number of carbonyl (C=O) groups excluding carboxylic acids is 1. The summed E-state index contributed by atoms with van der Waals surface area (Å²) in [7, 11) is 3.32. The Bertz CT molecular complexity index is 587. The van der Waals surface area contributed by atoms with Gasteiger partial charge in [0.05, 0.1) is 12.8 Å². The lowest BCUT2D eigenvalue weighted by molar-refractivity contribution is -0.135. The van der Waals surface area contributed by atoms with Gasteiger partial charge in [0.15, 0.2) is 0 Å². The van der Waals surface area contributed by atoms with Gasteiger partial charge in [-0.1, -0.05) is 12.1 Å². The Labute approximate surface area is 156 Å². The number of anilines is 1. The Morgan fingerprint density at radius 3 is 2.54 bits per heavy atom. The Balaban J connectivity index is 1.53. The van der Waals surface area contributed by atoms with Gasteiger partial charge in [-0.3, -0.25) is 9.69 Å². The molecule has 1 aromatic rings. The Kier molecular flexibility index (Phi) is 6.74. The zero-order valence-corrected chi connectivity index (χ0v) is 16.0. The third kappa shape index (κ3) is 4.48. The van der Waals surface area contributed by atoms with E-state index in [1.807, 2.05) is 17.0 Å². The zero-order valence-electron chi connectivity index (χ0n) is 16.0. The molecule has 0 aliphatic carbocycles. The second-order valence-corrected chi connectivity index (χ2v) is 7.09. The van der Waals surface area contributed by atoms with Crippen LogP contribution in [-0.2, 0) is 9.53 Å². The molecule has 0 saturated carbocycles. The van der Waals surface area contributed by atoms with E-state index >= 15 is 0 Å². The second kappa shape index (κ2) is 9.24. The van der Waals surface area contributed by atoms with Gasteiger partial charge in [-0.25, -0.2) is 0 Å². The van der Waals surface area contributed by atoms with Gasteiger partial charge in [0.25, 0.3) is 0 Å². The highest BCUT2D eigenvalue weighted by Gasteiger charge is 2.28. The maximum Gasteiger partial charge on any atom is 0.248 e. The predicted octanol–water partition coefficient (Wildman–Crippen LogP) is 1.84. The molecule has 2 heterocycles. The average Bonchev–Trinajstić information content (AvgIpc) is 2.94. The molecule has 0 atom stereocenters. The zero-order chi connectivity index (χ0) is 18.4. The van der Waals surface area contributed by atoms with Crippen molar-refractivity contribution in [3.05, 3.63) is 24.3 Å². The molecule has 144 valence electrons. The molecule has 0 aromatic heterocycles. The van der Waals surface area contributed by atoms with Gasteiger partial charge in [0.1, 0.15) is 12.4 Å². The molecule has 26 heavy (non-hydrogen) atoms. The van der Waals surface area contributed by atoms with Crippen LogP contribution in [0.5, 0.6) is 5.75 Å². The number of para-hydroxylation sites is 2. The van der Waals surface area contributed by atoms with E-state index in [0.717, 1.165) is 64.3 Å². The van der Waals surface area contributed by atoms with E-state index in [-0.39, 0.29) is 12.5 Å². The first-order chi connectivity index (χ1) is 12.7. The maximum atomic E-state index is 12.1. The van der Waals surface area contributed by atoms with Crippen LogP contribution in [0.3, 0.4) is 0 Å². The van der Waals surface area contributed by atoms with E-state index in [4.69, 9.17) is 9.47 Å². The van der Waals surface area contributed by atoms with Crippen molar-refractivity contribution >= 4 is 11.6 Å². The first kappa shape index (κ1) is 19.0. The maximum absolute atomic E-state index is 12.1. The minimum Gasteiger partial charge on any atom is -0.495 e. The highest BCUT2D eigenvalue weighted by Crippen LogP contribution is 2.31. The first-order valence-corrected chi connectivity index (χ1v) is 9.61. The molecule has 1 aromatic carbocycles. The molecule has 6 nitrogen and oxygen atoms in total. The van der Waals surface area contributed by atoms with Crippen LogP contribution in [0.2, 0.25) is 0 Å². The Morgan fingerprint density at radius 1 is 1.04 bits per heavy atom.